The van der Waals surface area contributed by atoms with E-state index in [1.807, 2.05) is 0 Å². The van der Waals surface area contributed by atoms with Gasteiger partial charge in [0, 0.05) is 30.4 Å². The van der Waals surface area contributed by atoms with Gasteiger partial charge in [-0.15, -0.1) is 0 Å². The minimum absolute atomic E-state index is 0.0363. The number of fused-ring (bicyclic) bond motifs is 1. The quantitative estimate of drug-likeness (QED) is 0.353. The van der Waals surface area contributed by atoms with Crippen LogP contribution >= 0.6 is 11.3 Å². The predicted octanol–water partition coefficient (Wildman–Crippen LogP) is 3.69. The molecular weight excluding hydrogens is 452 g/mol. The Kier molecular flexibility index (Phi) is 5.59. The van der Waals surface area contributed by atoms with Crippen LogP contribution in [0, 0.1) is 10.1 Å². The van der Waals surface area contributed by atoms with Gasteiger partial charge in [-0.1, -0.05) is 29.5 Å². The highest BCUT2D eigenvalue weighted by Crippen LogP contribution is 2.23. The summed E-state index contributed by atoms with van der Waals surface area (Å²) >= 11 is 1.17. The number of aromatic nitrogens is 1. The highest BCUT2D eigenvalue weighted by Gasteiger charge is 2.14. The van der Waals surface area contributed by atoms with Crippen LogP contribution in [0.3, 0.4) is 0 Å². The number of carbonyl (C=O) groups excluding carboxylic acids is 1. The molecule has 0 fully saturated rings. The average molecular weight is 469 g/mol. The van der Waals surface area contributed by atoms with Crippen molar-refractivity contribution in [2.24, 2.45) is 12.0 Å². The van der Waals surface area contributed by atoms with Gasteiger partial charge in [-0.05, 0) is 42.5 Å². The average Bonchev–Trinajstić information content (AvgIpc) is 3.09. The fourth-order valence-corrected chi connectivity index (χ4v) is 5.12. The topological polar surface area (TPSA) is 124 Å². The van der Waals surface area contributed by atoms with Crippen molar-refractivity contribution in [2.45, 2.75) is 4.90 Å². The van der Waals surface area contributed by atoms with E-state index in [4.69, 9.17) is 0 Å². The van der Waals surface area contributed by atoms with Crippen molar-refractivity contribution < 1.29 is 18.1 Å². The Morgan fingerprint density at radius 1 is 1.06 bits per heavy atom. The SMILES string of the molecule is Cn1c(=NC(=O)c2ccc(NS(=O)(=O)c3ccccc3)cc2)sc2cc([N+](=O)[O-])ccc21. The third kappa shape index (κ3) is 4.29. The van der Waals surface area contributed by atoms with E-state index < -0.39 is 20.9 Å². The van der Waals surface area contributed by atoms with Crippen LogP contribution in [0.4, 0.5) is 11.4 Å². The summed E-state index contributed by atoms with van der Waals surface area (Å²) in [6.07, 6.45) is 0. The number of hydrogen-bond donors (Lipinski definition) is 1. The number of amides is 1. The van der Waals surface area contributed by atoms with Crippen molar-refractivity contribution in [3.05, 3.63) is 93.3 Å². The van der Waals surface area contributed by atoms with E-state index in [0.717, 1.165) is 5.52 Å². The van der Waals surface area contributed by atoms with Crippen LogP contribution in [0.5, 0.6) is 0 Å². The molecule has 32 heavy (non-hydrogen) atoms. The second-order valence-electron chi connectivity index (χ2n) is 6.77. The van der Waals surface area contributed by atoms with Crippen molar-refractivity contribution in [3.63, 3.8) is 0 Å². The molecule has 1 heterocycles. The number of non-ortho nitro benzene ring substituents is 1. The van der Waals surface area contributed by atoms with Crippen molar-refractivity contribution in [1.29, 1.82) is 0 Å². The monoisotopic (exact) mass is 468 g/mol. The molecule has 9 nitrogen and oxygen atoms in total. The highest BCUT2D eigenvalue weighted by molar-refractivity contribution is 7.92. The molecule has 0 saturated carbocycles. The van der Waals surface area contributed by atoms with Gasteiger partial charge >= 0.3 is 0 Å². The number of hydrogen-bond acceptors (Lipinski definition) is 6. The largest absolute Gasteiger partial charge is 0.319 e. The maximum atomic E-state index is 12.6. The Morgan fingerprint density at radius 3 is 2.41 bits per heavy atom. The zero-order chi connectivity index (χ0) is 22.9. The van der Waals surface area contributed by atoms with Crippen LogP contribution < -0.4 is 9.52 Å². The summed E-state index contributed by atoms with van der Waals surface area (Å²) in [5, 5.41) is 11.0. The number of nitrogens with zero attached hydrogens (tertiary/aromatic N) is 3. The number of nitro groups is 1. The summed E-state index contributed by atoms with van der Waals surface area (Å²) in [6.45, 7) is 0. The Bertz CT molecular complexity index is 1510. The number of sulfonamides is 1. The summed E-state index contributed by atoms with van der Waals surface area (Å²) in [7, 11) is -2.01. The highest BCUT2D eigenvalue weighted by atomic mass is 32.2. The molecule has 4 aromatic rings. The Morgan fingerprint density at radius 2 is 1.75 bits per heavy atom. The molecule has 1 N–H and O–H groups in total. The smallest absolute Gasteiger partial charge is 0.279 e. The van der Waals surface area contributed by atoms with Gasteiger partial charge in [0.25, 0.3) is 21.6 Å². The van der Waals surface area contributed by atoms with Crippen molar-refractivity contribution in [1.82, 2.24) is 4.57 Å². The molecule has 1 amide bonds. The van der Waals surface area contributed by atoms with Crippen LogP contribution in [-0.4, -0.2) is 23.8 Å². The predicted molar refractivity (Wildman–Crippen MR) is 121 cm³/mol. The molecule has 11 heteroatoms. The van der Waals surface area contributed by atoms with E-state index in [2.05, 4.69) is 9.71 Å². The van der Waals surface area contributed by atoms with E-state index >= 15 is 0 Å². The number of carbonyl (C=O) groups is 1. The first kappa shape index (κ1) is 21.4. The molecule has 3 aromatic carbocycles. The van der Waals surface area contributed by atoms with E-state index in [-0.39, 0.29) is 16.1 Å². The lowest BCUT2D eigenvalue weighted by Crippen LogP contribution is -2.14. The summed E-state index contributed by atoms with van der Waals surface area (Å²) in [5.74, 6) is -0.515. The van der Waals surface area contributed by atoms with Gasteiger partial charge < -0.3 is 4.57 Å². The number of anilines is 1. The van der Waals surface area contributed by atoms with E-state index in [9.17, 15) is 23.3 Å². The van der Waals surface area contributed by atoms with Crippen LogP contribution in [0.1, 0.15) is 10.4 Å². The summed E-state index contributed by atoms with van der Waals surface area (Å²) < 4.78 is 29.6. The number of thiazole rings is 1. The van der Waals surface area contributed by atoms with Gasteiger partial charge in [0.1, 0.15) is 0 Å². The van der Waals surface area contributed by atoms with E-state index in [1.165, 1.54) is 59.9 Å². The molecule has 0 radical (unpaired) electrons. The molecule has 0 aliphatic carbocycles. The molecule has 4 rings (SSSR count). The normalized spacial score (nSPS) is 12.1. The lowest BCUT2D eigenvalue weighted by atomic mass is 10.2. The Labute approximate surface area is 186 Å². The van der Waals surface area contributed by atoms with Gasteiger partial charge in [0.2, 0.25) is 0 Å². The van der Waals surface area contributed by atoms with Crippen LogP contribution in [0.25, 0.3) is 10.2 Å². The molecule has 1 aromatic heterocycles. The summed E-state index contributed by atoms with van der Waals surface area (Å²) in [6, 6.07) is 18.3. The molecule has 0 aliphatic rings. The van der Waals surface area contributed by atoms with Gasteiger partial charge in [-0.2, -0.15) is 4.99 Å². The molecule has 0 atom stereocenters. The van der Waals surface area contributed by atoms with E-state index in [0.29, 0.717) is 15.2 Å². The number of aryl methyl sites for hydroxylation is 1. The molecule has 0 aliphatic heterocycles. The fourth-order valence-electron chi connectivity index (χ4n) is 2.99. The molecule has 0 bridgehead atoms. The maximum Gasteiger partial charge on any atom is 0.279 e. The van der Waals surface area contributed by atoms with Crippen LogP contribution in [0.2, 0.25) is 0 Å². The Balaban J connectivity index is 1.59. The first-order valence-electron chi connectivity index (χ1n) is 9.25. The van der Waals surface area contributed by atoms with E-state index in [1.54, 1.807) is 35.9 Å². The minimum atomic E-state index is -3.73. The third-order valence-electron chi connectivity index (χ3n) is 4.64. The van der Waals surface area contributed by atoms with Crippen molar-refractivity contribution in [2.75, 3.05) is 4.72 Å². The zero-order valence-electron chi connectivity index (χ0n) is 16.6. The summed E-state index contributed by atoms with van der Waals surface area (Å²) in [5.41, 5.74) is 1.27. The van der Waals surface area contributed by atoms with Crippen LogP contribution in [-0.2, 0) is 17.1 Å². The van der Waals surface area contributed by atoms with Gasteiger partial charge in [-0.25, -0.2) is 8.42 Å². The van der Waals surface area contributed by atoms with Gasteiger partial charge in [-0.3, -0.25) is 19.6 Å². The molecule has 162 valence electrons. The lowest BCUT2D eigenvalue weighted by molar-refractivity contribution is -0.384. The Hall–Kier alpha value is -3.83. The molecular formula is C21H16N4O5S2. The van der Waals surface area contributed by atoms with Crippen molar-refractivity contribution >= 4 is 48.9 Å². The second-order valence-corrected chi connectivity index (χ2v) is 9.46. The summed E-state index contributed by atoms with van der Waals surface area (Å²) in [4.78, 5) is 27.8. The minimum Gasteiger partial charge on any atom is -0.319 e. The third-order valence-corrected chi connectivity index (χ3v) is 7.13. The molecule has 0 unspecified atom stereocenters. The maximum absolute atomic E-state index is 12.6. The van der Waals surface area contributed by atoms with Crippen LogP contribution in [0.15, 0.2) is 82.7 Å². The number of nitrogens with one attached hydrogen (secondary N) is 1. The number of nitro benzene ring substituents is 1. The molecule has 0 saturated heterocycles. The van der Waals surface area contributed by atoms with Crippen molar-refractivity contribution in [3.8, 4) is 0 Å². The lowest BCUT2D eigenvalue weighted by Gasteiger charge is -2.08. The first-order valence-corrected chi connectivity index (χ1v) is 11.6. The number of rotatable bonds is 5. The van der Waals surface area contributed by atoms with Gasteiger partial charge in [0.15, 0.2) is 4.80 Å². The van der Waals surface area contributed by atoms with Gasteiger partial charge in [0.05, 0.1) is 20.0 Å². The zero-order valence-corrected chi connectivity index (χ0v) is 18.3. The number of benzene rings is 3. The molecule has 0 spiro atoms. The second kappa shape index (κ2) is 8.36. The first-order chi connectivity index (χ1) is 15.2. The standard InChI is InChI=1S/C21H16N4O5S2/c1-24-18-12-11-16(25(27)28)13-19(18)31-21(24)22-20(26)14-7-9-15(10-8-14)23-32(29,30)17-5-3-2-4-6-17/h2-13,23H,1H3. The fraction of sp³-hybridized carbons (Fsp3) is 0.0476.